The van der Waals surface area contributed by atoms with E-state index in [1.54, 1.807) is 12.1 Å². The highest BCUT2D eigenvalue weighted by Gasteiger charge is 2.21. The summed E-state index contributed by atoms with van der Waals surface area (Å²) in [4.78, 5) is -0.421. The van der Waals surface area contributed by atoms with E-state index in [1.807, 2.05) is 26.0 Å². The molecule has 2 aromatic rings. The number of hydrogen-bond acceptors (Lipinski definition) is 2. The Labute approximate surface area is 135 Å². The van der Waals surface area contributed by atoms with Gasteiger partial charge in [0.05, 0.1) is 5.69 Å². The van der Waals surface area contributed by atoms with E-state index >= 15 is 0 Å². The fourth-order valence-electron chi connectivity index (χ4n) is 2.13. The average Bonchev–Trinajstić information content (AvgIpc) is 2.46. The van der Waals surface area contributed by atoms with Crippen molar-refractivity contribution in [1.29, 1.82) is 0 Å². The van der Waals surface area contributed by atoms with Crippen LogP contribution in [0.5, 0.6) is 0 Å². The Hall–Kier alpha value is -1.59. The molecule has 0 radical (unpaired) electrons. The van der Waals surface area contributed by atoms with Crippen molar-refractivity contribution in [3.8, 4) is 0 Å². The molecule has 0 heterocycles. The standard InChI is InChI=1S/C16H17ClFNO2S/c1-3-11(2)13-6-4-5-7-15(13)19-22(20,21)16-9-8-12(17)10-14(16)18/h4-11,19H,3H2,1-2H3. The highest BCUT2D eigenvalue weighted by Crippen LogP contribution is 2.29. The van der Waals surface area contributed by atoms with Crippen molar-refractivity contribution >= 4 is 27.3 Å². The quantitative estimate of drug-likeness (QED) is 0.849. The summed E-state index contributed by atoms with van der Waals surface area (Å²) in [7, 11) is -4.01. The summed E-state index contributed by atoms with van der Waals surface area (Å²) in [5.41, 5.74) is 1.34. The largest absolute Gasteiger partial charge is 0.279 e. The maximum absolute atomic E-state index is 13.9. The molecule has 0 saturated heterocycles. The van der Waals surface area contributed by atoms with Crippen LogP contribution in [0.3, 0.4) is 0 Å². The summed E-state index contributed by atoms with van der Waals surface area (Å²) in [5.74, 6) is -0.685. The van der Waals surface area contributed by atoms with E-state index in [0.717, 1.165) is 24.1 Å². The maximum atomic E-state index is 13.9. The third kappa shape index (κ3) is 3.59. The summed E-state index contributed by atoms with van der Waals surface area (Å²) in [6.07, 6.45) is 0.869. The van der Waals surface area contributed by atoms with E-state index in [-0.39, 0.29) is 10.9 Å². The highest BCUT2D eigenvalue weighted by molar-refractivity contribution is 7.92. The van der Waals surface area contributed by atoms with Gasteiger partial charge in [-0.2, -0.15) is 0 Å². The lowest BCUT2D eigenvalue weighted by molar-refractivity contribution is 0.570. The summed E-state index contributed by atoms with van der Waals surface area (Å²) in [6, 6.07) is 10.6. The smallest absolute Gasteiger partial charge is 0.264 e. The molecule has 0 saturated carbocycles. The molecule has 118 valence electrons. The van der Waals surface area contributed by atoms with Crippen LogP contribution in [0.15, 0.2) is 47.4 Å². The van der Waals surface area contributed by atoms with E-state index in [4.69, 9.17) is 11.6 Å². The first-order chi connectivity index (χ1) is 10.3. The van der Waals surface area contributed by atoms with Crippen molar-refractivity contribution in [1.82, 2.24) is 0 Å². The van der Waals surface area contributed by atoms with E-state index in [9.17, 15) is 12.8 Å². The van der Waals surface area contributed by atoms with Crippen LogP contribution in [0.4, 0.5) is 10.1 Å². The molecule has 22 heavy (non-hydrogen) atoms. The lowest BCUT2D eigenvalue weighted by Crippen LogP contribution is -2.16. The van der Waals surface area contributed by atoms with Crippen molar-refractivity contribution < 1.29 is 12.8 Å². The summed E-state index contributed by atoms with van der Waals surface area (Å²) >= 11 is 5.66. The number of halogens is 2. The van der Waals surface area contributed by atoms with Crippen LogP contribution in [0.2, 0.25) is 5.02 Å². The van der Waals surface area contributed by atoms with E-state index in [2.05, 4.69) is 4.72 Å². The number of anilines is 1. The predicted molar refractivity (Wildman–Crippen MR) is 87.4 cm³/mol. The molecule has 1 atom stereocenters. The first kappa shape index (κ1) is 16.8. The number of benzene rings is 2. The SMILES string of the molecule is CCC(C)c1ccccc1NS(=O)(=O)c1ccc(Cl)cc1F. The second kappa shape index (κ2) is 6.67. The van der Waals surface area contributed by atoms with Crippen LogP contribution in [-0.4, -0.2) is 8.42 Å². The fourth-order valence-corrected chi connectivity index (χ4v) is 3.44. The van der Waals surface area contributed by atoms with Gasteiger partial charge in [0.25, 0.3) is 10.0 Å². The highest BCUT2D eigenvalue weighted by atomic mass is 35.5. The van der Waals surface area contributed by atoms with Gasteiger partial charge in [0, 0.05) is 5.02 Å². The third-order valence-electron chi connectivity index (χ3n) is 3.53. The van der Waals surface area contributed by atoms with E-state index in [0.29, 0.717) is 5.69 Å². The van der Waals surface area contributed by atoms with Gasteiger partial charge >= 0.3 is 0 Å². The molecule has 1 unspecified atom stereocenters. The molecule has 0 aliphatic rings. The molecule has 6 heteroatoms. The predicted octanol–water partition coefficient (Wildman–Crippen LogP) is 4.79. The van der Waals surface area contributed by atoms with Crippen molar-refractivity contribution in [2.75, 3.05) is 4.72 Å². The minimum atomic E-state index is -4.01. The minimum Gasteiger partial charge on any atom is -0.279 e. The number of rotatable bonds is 5. The van der Waals surface area contributed by atoms with Crippen molar-refractivity contribution in [2.24, 2.45) is 0 Å². The van der Waals surface area contributed by atoms with Crippen LogP contribution in [0, 0.1) is 5.82 Å². The van der Waals surface area contributed by atoms with Crippen molar-refractivity contribution in [2.45, 2.75) is 31.1 Å². The lowest BCUT2D eigenvalue weighted by Gasteiger charge is -2.16. The molecule has 0 aliphatic heterocycles. The van der Waals surface area contributed by atoms with Crippen LogP contribution < -0.4 is 4.72 Å². The number of para-hydroxylation sites is 1. The van der Waals surface area contributed by atoms with Gasteiger partial charge in [-0.15, -0.1) is 0 Å². The molecule has 0 aromatic heterocycles. The van der Waals surface area contributed by atoms with Gasteiger partial charge in [0.1, 0.15) is 10.7 Å². The summed E-state index contributed by atoms with van der Waals surface area (Å²) < 4.78 is 41.1. The van der Waals surface area contributed by atoms with Crippen molar-refractivity contribution in [3.63, 3.8) is 0 Å². The van der Waals surface area contributed by atoms with Gasteiger partial charge in [-0.05, 0) is 42.2 Å². The second-order valence-corrected chi connectivity index (χ2v) is 7.16. The molecule has 2 aromatic carbocycles. The van der Waals surface area contributed by atoms with E-state index in [1.165, 1.54) is 6.07 Å². The summed E-state index contributed by atoms with van der Waals surface area (Å²) in [6.45, 7) is 4.03. The third-order valence-corrected chi connectivity index (χ3v) is 5.17. The van der Waals surface area contributed by atoms with Gasteiger partial charge in [-0.3, -0.25) is 4.72 Å². The molecule has 0 aliphatic carbocycles. The minimum absolute atomic E-state index is 0.149. The molecule has 0 fully saturated rings. The Morgan fingerprint density at radius 3 is 2.55 bits per heavy atom. The van der Waals surface area contributed by atoms with Crippen LogP contribution in [0.25, 0.3) is 0 Å². The number of hydrogen-bond donors (Lipinski definition) is 1. The Balaban J connectivity index is 2.41. The Kier molecular flexibility index (Phi) is 5.08. The molecule has 0 amide bonds. The maximum Gasteiger partial charge on any atom is 0.264 e. The first-order valence-corrected chi connectivity index (χ1v) is 8.78. The van der Waals surface area contributed by atoms with Crippen LogP contribution in [-0.2, 0) is 10.0 Å². The molecule has 0 bridgehead atoms. The zero-order valence-corrected chi connectivity index (χ0v) is 13.9. The zero-order valence-electron chi connectivity index (χ0n) is 12.3. The second-order valence-electron chi connectivity index (χ2n) is 5.08. The number of nitrogens with one attached hydrogen (secondary N) is 1. The zero-order chi connectivity index (χ0) is 16.3. The topological polar surface area (TPSA) is 46.2 Å². The molecule has 3 nitrogen and oxygen atoms in total. The van der Waals surface area contributed by atoms with Gasteiger partial charge in [0.2, 0.25) is 0 Å². The Morgan fingerprint density at radius 2 is 1.91 bits per heavy atom. The normalized spacial score (nSPS) is 12.9. The molecular formula is C16H17ClFNO2S. The van der Waals surface area contributed by atoms with E-state index < -0.39 is 20.7 Å². The summed E-state index contributed by atoms with van der Waals surface area (Å²) in [5, 5.41) is 0.149. The molecule has 1 N–H and O–H groups in total. The Morgan fingerprint density at radius 1 is 1.23 bits per heavy atom. The van der Waals surface area contributed by atoms with Gasteiger partial charge in [-0.25, -0.2) is 12.8 Å². The first-order valence-electron chi connectivity index (χ1n) is 6.92. The van der Waals surface area contributed by atoms with Crippen LogP contribution in [0.1, 0.15) is 31.7 Å². The molecular weight excluding hydrogens is 325 g/mol. The van der Waals surface area contributed by atoms with Crippen LogP contribution >= 0.6 is 11.6 Å². The fraction of sp³-hybridized carbons (Fsp3) is 0.250. The Bertz CT molecular complexity index is 777. The molecule has 2 rings (SSSR count). The monoisotopic (exact) mass is 341 g/mol. The van der Waals surface area contributed by atoms with Crippen molar-refractivity contribution in [3.05, 3.63) is 58.9 Å². The average molecular weight is 342 g/mol. The van der Waals surface area contributed by atoms with Gasteiger partial charge < -0.3 is 0 Å². The van der Waals surface area contributed by atoms with Gasteiger partial charge in [-0.1, -0.05) is 43.6 Å². The molecule has 0 spiro atoms. The lowest BCUT2D eigenvalue weighted by atomic mass is 9.97. The van der Waals surface area contributed by atoms with Gasteiger partial charge in [0.15, 0.2) is 0 Å². The number of sulfonamides is 1.